The summed E-state index contributed by atoms with van der Waals surface area (Å²) in [6, 6.07) is -0.0457. The second kappa shape index (κ2) is 3.95. The van der Waals surface area contributed by atoms with Gasteiger partial charge in [-0.15, -0.1) is 5.10 Å². The SMILES string of the molecule is CO[C@@H]1COC[C@@H]1n1cc(C(N)=O)nn1. The molecule has 15 heavy (non-hydrogen) atoms. The van der Waals surface area contributed by atoms with Gasteiger partial charge in [-0.05, 0) is 0 Å². The van der Waals surface area contributed by atoms with Crippen LogP contribution >= 0.6 is 0 Å². The van der Waals surface area contributed by atoms with E-state index in [9.17, 15) is 4.79 Å². The first-order valence-corrected chi connectivity index (χ1v) is 4.54. The van der Waals surface area contributed by atoms with Gasteiger partial charge in [0.05, 0.1) is 19.4 Å². The van der Waals surface area contributed by atoms with E-state index in [1.807, 2.05) is 0 Å². The molecule has 2 N–H and O–H groups in total. The van der Waals surface area contributed by atoms with E-state index in [0.29, 0.717) is 13.2 Å². The van der Waals surface area contributed by atoms with Crippen molar-refractivity contribution in [2.45, 2.75) is 12.1 Å². The molecule has 0 unspecified atom stereocenters. The summed E-state index contributed by atoms with van der Waals surface area (Å²) in [6.45, 7) is 1.02. The van der Waals surface area contributed by atoms with Gasteiger partial charge in [-0.1, -0.05) is 5.21 Å². The minimum atomic E-state index is -0.589. The summed E-state index contributed by atoms with van der Waals surface area (Å²) in [5, 5.41) is 7.48. The second-order valence-corrected chi connectivity index (χ2v) is 3.33. The minimum absolute atomic E-state index is 0.0457. The van der Waals surface area contributed by atoms with Crippen molar-refractivity contribution in [2.24, 2.45) is 5.73 Å². The molecular weight excluding hydrogens is 200 g/mol. The Kier molecular flexibility index (Phi) is 2.65. The lowest BCUT2D eigenvalue weighted by Crippen LogP contribution is -2.24. The number of ether oxygens (including phenoxy) is 2. The van der Waals surface area contributed by atoms with Gasteiger partial charge in [0, 0.05) is 7.11 Å². The van der Waals surface area contributed by atoms with Crippen LogP contribution in [0, 0.1) is 0 Å². The van der Waals surface area contributed by atoms with Gasteiger partial charge in [0.2, 0.25) is 0 Å². The van der Waals surface area contributed by atoms with Crippen LogP contribution in [0.2, 0.25) is 0 Å². The van der Waals surface area contributed by atoms with Gasteiger partial charge in [-0.2, -0.15) is 0 Å². The highest BCUT2D eigenvalue weighted by Crippen LogP contribution is 2.20. The predicted molar refractivity (Wildman–Crippen MR) is 49.2 cm³/mol. The molecule has 2 rings (SSSR count). The van der Waals surface area contributed by atoms with Crippen LogP contribution in [-0.2, 0) is 9.47 Å². The van der Waals surface area contributed by atoms with E-state index in [2.05, 4.69) is 10.3 Å². The average molecular weight is 212 g/mol. The van der Waals surface area contributed by atoms with Crippen molar-refractivity contribution in [1.82, 2.24) is 15.0 Å². The molecule has 1 aromatic heterocycles. The molecule has 82 valence electrons. The molecule has 2 atom stereocenters. The fourth-order valence-corrected chi connectivity index (χ4v) is 1.55. The molecule has 1 saturated heterocycles. The third-order valence-corrected chi connectivity index (χ3v) is 2.41. The maximum atomic E-state index is 10.8. The third-order valence-electron chi connectivity index (χ3n) is 2.41. The Morgan fingerprint density at radius 1 is 1.73 bits per heavy atom. The fraction of sp³-hybridized carbons (Fsp3) is 0.625. The molecule has 7 nitrogen and oxygen atoms in total. The molecule has 0 radical (unpaired) electrons. The molecule has 0 aliphatic carbocycles. The number of nitrogens with zero attached hydrogens (tertiary/aromatic N) is 3. The van der Waals surface area contributed by atoms with Crippen molar-refractivity contribution < 1.29 is 14.3 Å². The predicted octanol–water partition coefficient (Wildman–Crippen LogP) is -1.04. The van der Waals surface area contributed by atoms with Crippen molar-refractivity contribution in [3.8, 4) is 0 Å². The van der Waals surface area contributed by atoms with E-state index in [1.165, 1.54) is 6.20 Å². The maximum Gasteiger partial charge on any atom is 0.270 e. The summed E-state index contributed by atoms with van der Waals surface area (Å²) in [7, 11) is 1.61. The van der Waals surface area contributed by atoms with Crippen LogP contribution in [0.5, 0.6) is 0 Å². The average Bonchev–Trinajstić information content (AvgIpc) is 2.85. The zero-order chi connectivity index (χ0) is 10.8. The van der Waals surface area contributed by atoms with Crippen LogP contribution in [0.4, 0.5) is 0 Å². The van der Waals surface area contributed by atoms with Crippen molar-refractivity contribution in [1.29, 1.82) is 0 Å². The highest BCUT2D eigenvalue weighted by Gasteiger charge is 2.30. The number of nitrogens with two attached hydrogens (primary N) is 1. The lowest BCUT2D eigenvalue weighted by molar-refractivity contribution is 0.0661. The number of hydrogen-bond acceptors (Lipinski definition) is 5. The van der Waals surface area contributed by atoms with E-state index in [4.69, 9.17) is 15.2 Å². The van der Waals surface area contributed by atoms with Crippen LogP contribution in [-0.4, -0.2) is 47.3 Å². The first-order chi connectivity index (χ1) is 7.22. The number of carbonyl (C=O) groups excluding carboxylic acids is 1. The van der Waals surface area contributed by atoms with Crippen molar-refractivity contribution >= 4 is 5.91 Å². The van der Waals surface area contributed by atoms with E-state index in [1.54, 1.807) is 11.8 Å². The van der Waals surface area contributed by atoms with Gasteiger partial charge in [-0.3, -0.25) is 4.79 Å². The molecular formula is C8H12N4O3. The summed E-state index contributed by atoms with van der Waals surface area (Å²) in [4.78, 5) is 10.8. The summed E-state index contributed by atoms with van der Waals surface area (Å²) in [5.74, 6) is -0.589. The molecule has 0 saturated carbocycles. The zero-order valence-electron chi connectivity index (χ0n) is 8.29. The third kappa shape index (κ3) is 1.83. The Bertz CT molecular complexity index is 365. The Hall–Kier alpha value is -1.47. The lowest BCUT2D eigenvalue weighted by Gasteiger charge is -2.14. The Balaban J connectivity index is 2.18. The van der Waals surface area contributed by atoms with Gasteiger partial charge in [0.25, 0.3) is 5.91 Å². The van der Waals surface area contributed by atoms with Crippen LogP contribution in [0.1, 0.15) is 16.5 Å². The van der Waals surface area contributed by atoms with E-state index >= 15 is 0 Å². The first kappa shape index (κ1) is 10.1. The standard InChI is InChI=1S/C8H12N4O3/c1-14-7-4-15-3-6(7)12-2-5(8(9)13)10-11-12/h2,6-7H,3-4H2,1H3,(H2,9,13)/t6-,7+/m0/s1. The molecule has 0 bridgehead atoms. The number of primary amides is 1. The largest absolute Gasteiger partial charge is 0.377 e. The summed E-state index contributed by atoms with van der Waals surface area (Å²) < 4.78 is 12.0. The summed E-state index contributed by atoms with van der Waals surface area (Å²) >= 11 is 0. The van der Waals surface area contributed by atoms with Gasteiger partial charge < -0.3 is 15.2 Å². The highest BCUT2D eigenvalue weighted by molar-refractivity contribution is 5.90. The molecule has 7 heteroatoms. The van der Waals surface area contributed by atoms with Crippen LogP contribution in [0.25, 0.3) is 0 Å². The number of rotatable bonds is 3. The second-order valence-electron chi connectivity index (χ2n) is 3.33. The van der Waals surface area contributed by atoms with Gasteiger partial charge >= 0.3 is 0 Å². The molecule has 1 aliphatic rings. The topological polar surface area (TPSA) is 92.3 Å². The normalized spacial score (nSPS) is 25.7. The Morgan fingerprint density at radius 2 is 2.53 bits per heavy atom. The smallest absolute Gasteiger partial charge is 0.270 e. The molecule has 1 aliphatic heterocycles. The van der Waals surface area contributed by atoms with Crippen LogP contribution in [0.15, 0.2) is 6.20 Å². The number of amides is 1. The van der Waals surface area contributed by atoms with E-state index in [-0.39, 0.29) is 17.8 Å². The van der Waals surface area contributed by atoms with Gasteiger partial charge in [0.1, 0.15) is 12.1 Å². The van der Waals surface area contributed by atoms with Crippen LogP contribution < -0.4 is 5.73 Å². The first-order valence-electron chi connectivity index (χ1n) is 4.54. The molecule has 2 heterocycles. The van der Waals surface area contributed by atoms with E-state index in [0.717, 1.165) is 0 Å². The number of carbonyl (C=O) groups is 1. The molecule has 1 amide bonds. The monoisotopic (exact) mass is 212 g/mol. The lowest BCUT2D eigenvalue weighted by atomic mass is 10.2. The van der Waals surface area contributed by atoms with Crippen molar-refractivity contribution in [3.63, 3.8) is 0 Å². The van der Waals surface area contributed by atoms with Gasteiger partial charge in [-0.25, -0.2) is 4.68 Å². The number of aromatic nitrogens is 3. The van der Waals surface area contributed by atoms with Crippen molar-refractivity contribution in [2.75, 3.05) is 20.3 Å². The van der Waals surface area contributed by atoms with Gasteiger partial charge in [0.15, 0.2) is 5.69 Å². The van der Waals surface area contributed by atoms with E-state index < -0.39 is 5.91 Å². The molecule has 0 aromatic carbocycles. The van der Waals surface area contributed by atoms with Crippen LogP contribution in [0.3, 0.4) is 0 Å². The summed E-state index contributed by atoms with van der Waals surface area (Å²) in [6.07, 6.45) is 1.45. The Labute approximate surface area is 86.1 Å². The maximum absolute atomic E-state index is 10.8. The molecule has 1 fully saturated rings. The zero-order valence-corrected chi connectivity index (χ0v) is 8.29. The molecule has 1 aromatic rings. The Morgan fingerprint density at radius 3 is 3.13 bits per heavy atom. The quantitative estimate of drug-likeness (QED) is 0.691. The van der Waals surface area contributed by atoms with Crippen molar-refractivity contribution in [3.05, 3.63) is 11.9 Å². The fourth-order valence-electron chi connectivity index (χ4n) is 1.55. The minimum Gasteiger partial charge on any atom is -0.377 e. The number of methoxy groups -OCH3 is 1. The highest BCUT2D eigenvalue weighted by atomic mass is 16.5. The molecule has 0 spiro atoms. The summed E-state index contributed by atoms with van der Waals surface area (Å²) in [5.41, 5.74) is 5.23. The number of hydrogen-bond donors (Lipinski definition) is 1.